The van der Waals surface area contributed by atoms with E-state index in [1.54, 1.807) is 19.1 Å². The molecular weight excluding hydrogens is 364 g/mol. The molecule has 1 aliphatic heterocycles. The summed E-state index contributed by atoms with van der Waals surface area (Å²) < 4.78 is 12.4. The predicted molar refractivity (Wildman–Crippen MR) is 94.0 cm³/mol. The molecule has 1 aromatic heterocycles. The van der Waals surface area contributed by atoms with Crippen molar-refractivity contribution in [2.45, 2.75) is 26.8 Å². The number of carbonyl (C=O) groups is 1. The number of ether oxygens (including phenoxy) is 2. The van der Waals surface area contributed by atoms with Crippen molar-refractivity contribution in [3.05, 3.63) is 38.7 Å². The lowest BCUT2D eigenvalue weighted by atomic mass is 10.2. The van der Waals surface area contributed by atoms with Crippen LogP contribution in [-0.2, 0) is 11.3 Å². The first kappa shape index (κ1) is 18.0. The molecule has 1 N–H and O–H groups in total. The number of rotatable bonds is 4. The number of nitro groups is 1. The van der Waals surface area contributed by atoms with E-state index in [2.05, 4.69) is 10.4 Å². The highest BCUT2D eigenvalue weighted by Crippen LogP contribution is 2.37. The zero-order valence-electron chi connectivity index (χ0n) is 14.2. The van der Waals surface area contributed by atoms with Crippen LogP contribution >= 0.6 is 11.6 Å². The zero-order valence-corrected chi connectivity index (χ0v) is 15.0. The highest BCUT2D eigenvalue weighted by atomic mass is 35.5. The Bertz CT molecular complexity index is 880. The smallest absolute Gasteiger partial charge is 0.312 e. The highest BCUT2D eigenvalue weighted by Gasteiger charge is 2.23. The molecule has 0 saturated carbocycles. The Kier molecular flexibility index (Phi) is 4.99. The summed E-state index contributed by atoms with van der Waals surface area (Å²) in [6, 6.07) is 3.19. The van der Waals surface area contributed by atoms with Crippen LogP contribution < -0.4 is 14.8 Å². The molecule has 0 atom stereocenters. The molecule has 2 aromatic rings. The molecule has 1 amide bonds. The number of anilines is 1. The molecule has 10 heteroatoms. The van der Waals surface area contributed by atoms with Gasteiger partial charge < -0.3 is 14.8 Å². The third-order valence-electron chi connectivity index (χ3n) is 3.93. The lowest BCUT2D eigenvalue weighted by molar-refractivity contribution is -0.386. The number of aryl methyl sites for hydroxylation is 1. The van der Waals surface area contributed by atoms with Gasteiger partial charge in [-0.05, 0) is 13.8 Å². The number of nitrogens with zero attached hydrogens (tertiary/aromatic N) is 3. The zero-order chi connectivity index (χ0) is 18.8. The molecule has 1 aliphatic rings. The Morgan fingerprint density at radius 3 is 2.62 bits per heavy atom. The number of nitrogens with one attached hydrogen (secondary N) is 1. The number of hydrogen-bond acceptors (Lipinski definition) is 6. The molecule has 0 radical (unpaired) electrons. The molecule has 0 bridgehead atoms. The summed E-state index contributed by atoms with van der Waals surface area (Å²) in [5.74, 6) is 0.616. The summed E-state index contributed by atoms with van der Waals surface area (Å²) in [6.07, 6.45) is 0.755. The monoisotopic (exact) mass is 380 g/mol. The van der Waals surface area contributed by atoms with Gasteiger partial charge in [0.05, 0.1) is 28.8 Å². The number of fused-ring (bicyclic) bond motifs is 1. The quantitative estimate of drug-likeness (QED) is 0.645. The van der Waals surface area contributed by atoms with E-state index >= 15 is 0 Å². The summed E-state index contributed by atoms with van der Waals surface area (Å²) in [5.41, 5.74) is 0.852. The van der Waals surface area contributed by atoms with E-state index in [9.17, 15) is 14.9 Å². The van der Waals surface area contributed by atoms with Crippen LogP contribution in [0.4, 0.5) is 11.4 Å². The molecule has 0 saturated heterocycles. The van der Waals surface area contributed by atoms with E-state index < -0.39 is 10.8 Å². The maximum Gasteiger partial charge on any atom is 0.312 e. The Morgan fingerprint density at radius 1 is 1.35 bits per heavy atom. The van der Waals surface area contributed by atoms with E-state index in [4.69, 9.17) is 21.1 Å². The van der Waals surface area contributed by atoms with Crippen molar-refractivity contribution in [2.24, 2.45) is 0 Å². The van der Waals surface area contributed by atoms with Crippen LogP contribution in [0.5, 0.6) is 11.5 Å². The summed E-state index contributed by atoms with van der Waals surface area (Å²) >= 11 is 6.20. The molecule has 0 unspecified atom stereocenters. The van der Waals surface area contributed by atoms with Gasteiger partial charge >= 0.3 is 5.69 Å². The maximum absolute atomic E-state index is 12.3. The summed E-state index contributed by atoms with van der Waals surface area (Å²) in [4.78, 5) is 22.9. The number of hydrogen-bond donors (Lipinski definition) is 1. The minimum atomic E-state index is -0.507. The van der Waals surface area contributed by atoms with E-state index in [0.29, 0.717) is 41.1 Å². The van der Waals surface area contributed by atoms with Crippen LogP contribution in [0.3, 0.4) is 0 Å². The number of benzene rings is 1. The van der Waals surface area contributed by atoms with Crippen molar-refractivity contribution in [1.29, 1.82) is 0 Å². The fraction of sp³-hybridized carbons (Fsp3) is 0.375. The van der Waals surface area contributed by atoms with Crippen LogP contribution in [0, 0.1) is 24.0 Å². The molecule has 138 valence electrons. The minimum Gasteiger partial charge on any atom is -0.490 e. The second-order valence-corrected chi connectivity index (χ2v) is 6.22. The van der Waals surface area contributed by atoms with Crippen LogP contribution in [-0.4, -0.2) is 33.8 Å². The van der Waals surface area contributed by atoms with Crippen molar-refractivity contribution >= 4 is 28.9 Å². The second kappa shape index (κ2) is 7.20. The van der Waals surface area contributed by atoms with E-state index in [1.807, 2.05) is 0 Å². The molecule has 0 aliphatic carbocycles. The largest absolute Gasteiger partial charge is 0.490 e. The van der Waals surface area contributed by atoms with E-state index in [0.717, 1.165) is 6.42 Å². The van der Waals surface area contributed by atoms with Crippen molar-refractivity contribution in [3.63, 3.8) is 0 Å². The van der Waals surface area contributed by atoms with Gasteiger partial charge in [-0.25, -0.2) is 0 Å². The average Bonchev–Trinajstić information content (AvgIpc) is 2.72. The third-order valence-corrected chi connectivity index (χ3v) is 4.24. The molecule has 26 heavy (non-hydrogen) atoms. The molecule has 9 nitrogen and oxygen atoms in total. The van der Waals surface area contributed by atoms with Crippen LogP contribution in [0.2, 0.25) is 5.02 Å². The molecular formula is C16H17ClN4O5. The van der Waals surface area contributed by atoms with Gasteiger partial charge in [-0.2, -0.15) is 5.10 Å². The van der Waals surface area contributed by atoms with Gasteiger partial charge in [0.1, 0.15) is 17.9 Å². The van der Waals surface area contributed by atoms with Gasteiger partial charge in [0.2, 0.25) is 5.91 Å². The van der Waals surface area contributed by atoms with Crippen molar-refractivity contribution in [2.75, 3.05) is 18.5 Å². The molecule has 3 rings (SSSR count). The van der Waals surface area contributed by atoms with Gasteiger partial charge in [0, 0.05) is 18.6 Å². The van der Waals surface area contributed by atoms with Crippen LogP contribution in [0.25, 0.3) is 0 Å². The first-order valence-corrected chi connectivity index (χ1v) is 8.32. The van der Waals surface area contributed by atoms with Gasteiger partial charge in [-0.1, -0.05) is 11.6 Å². The van der Waals surface area contributed by atoms with Gasteiger partial charge in [-0.15, -0.1) is 0 Å². The van der Waals surface area contributed by atoms with Gasteiger partial charge in [-0.3, -0.25) is 19.6 Å². The Balaban J connectivity index is 1.78. The topological polar surface area (TPSA) is 109 Å². The van der Waals surface area contributed by atoms with E-state index in [-0.39, 0.29) is 17.9 Å². The number of carbonyl (C=O) groups excluding carboxylic acids is 1. The summed E-state index contributed by atoms with van der Waals surface area (Å²) in [7, 11) is 0. The van der Waals surface area contributed by atoms with Crippen LogP contribution in [0.1, 0.15) is 17.8 Å². The SMILES string of the molecule is Cc1nn(CC(=O)Nc2cc3c(cc2Cl)OCCCO3)c(C)c1[N+](=O)[O-]. The number of aromatic nitrogens is 2. The van der Waals surface area contributed by atoms with Gasteiger partial charge in [0.25, 0.3) is 0 Å². The number of halogens is 1. The molecule has 0 spiro atoms. The first-order chi connectivity index (χ1) is 12.4. The lowest BCUT2D eigenvalue weighted by Crippen LogP contribution is -2.20. The summed E-state index contributed by atoms with van der Waals surface area (Å²) in [6.45, 7) is 3.95. The normalized spacial score (nSPS) is 13.2. The Hall–Kier alpha value is -2.81. The first-order valence-electron chi connectivity index (χ1n) is 7.94. The molecule has 2 heterocycles. The van der Waals surface area contributed by atoms with Crippen molar-refractivity contribution in [3.8, 4) is 11.5 Å². The highest BCUT2D eigenvalue weighted by molar-refractivity contribution is 6.34. The minimum absolute atomic E-state index is 0.0913. The lowest BCUT2D eigenvalue weighted by Gasteiger charge is -2.12. The van der Waals surface area contributed by atoms with Crippen LogP contribution in [0.15, 0.2) is 12.1 Å². The fourth-order valence-electron chi connectivity index (χ4n) is 2.71. The maximum atomic E-state index is 12.3. The second-order valence-electron chi connectivity index (χ2n) is 5.81. The predicted octanol–water partition coefficient (Wildman–Crippen LogP) is 2.86. The third kappa shape index (κ3) is 3.57. The Morgan fingerprint density at radius 2 is 2.00 bits per heavy atom. The summed E-state index contributed by atoms with van der Waals surface area (Å²) in [5, 5.41) is 18.1. The average molecular weight is 381 g/mol. The number of amides is 1. The standard InChI is InChI=1S/C16H17ClN4O5/c1-9-16(21(23)24)10(2)20(19-9)8-15(22)18-12-7-14-13(6-11(12)17)25-4-3-5-26-14/h6-7H,3-5,8H2,1-2H3,(H,18,22). The molecule has 0 fully saturated rings. The van der Waals surface area contributed by atoms with Gasteiger partial charge in [0.15, 0.2) is 11.5 Å². The Labute approximate surface area is 154 Å². The molecule has 1 aromatic carbocycles. The van der Waals surface area contributed by atoms with Crippen molar-refractivity contribution in [1.82, 2.24) is 9.78 Å². The fourth-order valence-corrected chi connectivity index (χ4v) is 2.91. The van der Waals surface area contributed by atoms with Crippen molar-refractivity contribution < 1.29 is 19.2 Å². The van der Waals surface area contributed by atoms with E-state index in [1.165, 1.54) is 11.6 Å².